The minimum atomic E-state index is -1.45. The summed E-state index contributed by atoms with van der Waals surface area (Å²) in [6, 6.07) is 6.79. The third kappa shape index (κ3) is 2.69. The van der Waals surface area contributed by atoms with Gasteiger partial charge in [0, 0.05) is 18.3 Å². The van der Waals surface area contributed by atoms with Gasteiger partial charge in [-0.3, -0.25) is 24.6 Å². The van der Waals surface area contributed by atoms with E-state index in [9.17, 15) is 14.4 Å². The second-order valence-electron chi connectivity index (χ2n) is 7.68. The van der Waals surface area contributed by atoms with Crippen molar-refractivity contribution in [1.29, 1.82) is 0 Å². The molecular weight excluding hydrogens is 366 g/mol. The lowest BCUT2D eigenvalue weighted by Crippen LogP contribution is -2.68. The number of rotatable bonds is 2. The predicted octanol–water partition coefficient (Wildman–Crippen LogP) is 2.04. The van der Waals surface area contributed by atoms with Gasteiger partial charge in [0.1, 0.15) is 5.01 Å². The number of anilines is 2. The Balaban J connectivity index is 1.69. The van der Waals surface area contributed by atoms with E-state index in [0.29, 0.717) is 16.4 Å². The van der Waals surface area contributed by atoms with Crippen LogP contribution in [0, 0.1) is 0 Å². The summed E-state index contributed by atoms with van der Waals surface area (Å²) in [5.41, 5.74) is -0.809. The number of para-hydroxylation sites is 1. The molecule has 1 aromatic heterocycles. The fourth-order valence-electron chi connectivity index (χ4n) is 3.35. The van der Waals surface area contributed by atoms with E-state index in [0.717, 1.165) is 5.01 Å². The lowest BCUT2D eigenvalue weighted by molar-refractivity contribution is -0.124. The highest BCUT2D eigenvalue weighted by Crippen LogP contribution is 2.40. The first-order chi connectivity index (χ1) is 12.7. The van der Waals surface area contributed by atoms with E-state index in [-0.39, 0.29) is 30.1 Å². The summed E-state index contributed by atoms with van der Waals surface area (Å²) in [7, 11) is 0. The third-order valence-corrected chi connectivity index (χ3v) is 5.97. The van der Waals surface area contributed by atoms with Crippen molar-refractivity contribution < 1.29 is 14.4 Å². The van der Waals surface area contributed by atoms with Gasteiger partial charge in [0.25, 0.3) is 11.8 Å². The highest BCUT2D eigenvalue weighted by atomic mass is 32.1. The zero-order valence-electron chi connectivity index (χ0n) is 15.2. The predicted molar refractivity (Wildman–Crippen MR) is 101 cm³/mol. The zero-order chi connectivity index (χ0) is 19.4. The average Bonchev–Trinajstić information content (AvgIpc) is 3.21. The number of aromatic nitrogens is 2. The molecule has 2 aromatic rings. The smallest absolute Gasteiger partial charge is 0.273 e. The average molecular weight is 385 g/mol. The van der Waals surface area contributed by atoms with Gasteiger partial charge in [0.05, 0.1) is 11.3 Å². The van der Waals surface area contributed by atoms with Gasteiger partial charge in [-0.15, -0.1) is 10.2 Å². The molecule has 0 aliphatic carbocycles. The number of carbonyl (C=O) groups is 3. The Bertz CT molecular complexity index is 964. The Kier molecular flexibility index (Phi) is 3.81. The lowest BCUT2D eigenvalue weighted by Gasteiger charge is -2.41. The second kappa shape index (κ2) is 5.85. The van der Waals surface area contributed by atoms with Crippen LogP contribution < -0.4 is 15.5 Å². The Morgan fingerprint density at radius 1 is 1.26 bits per heavy atom. The molecule has 1 fully saturated rings. The molecule has 27 heavy (non-hydrogen) atoms. The summed E-state index contributed by atoms with van der Waals surface area (Å²) >= 11 is 1.28. The van der Waals surface area contributed by atoms with Crippen LogP contribution in [0.1, 0.15) is 49.0 Å². The van der Waals surface area contributed by atoms with Crippen molar-refractivity contribution in [2.75, 3.05) is 10.2 Å². The quantitative estimate of drug-likeness (QED) is 0.823. The van der Waals surface area contributed by atoms with Gasteiger partial charge in [-0.2, -0.15) is 0 Å². The summed E-state index contributed by atoms with van der Waals surface area (Å²) in [5.74, 6) is -1.07. The number of nitrogens with zero attached hydrogens (tertiary/aromatic N) is 3. The van der Waals surface area contributed by atoms with E-state index in [2.05, 4.69) is 20.8 Å². The van der Waals surface area contributed by atoms with Crippen molar-refractivity contribution >= 4 is 39.9 Å². The Morgan fingerprint density at radius 3 is 2.70 bits per heavy atom. The van der Waals surface area contributed by atoms with Crippen LogP contribution in [-0.4, -0.2) is 33.6 Å². The normalized spacial score (nSPS) is 21.5. The molecule has 0 saturated carbocycles. The van der Waals surface area contributed by atoms with Crippen molar-refractivity contribution in [3.8, 4) is 0 Å². The van der Waals surface area contributed by atoms with Crippen LogP contribution in [0.4, 0.5) is 10.8 Å². The summed E-state index contributed by atoms with van der Waals surface area (Å²) < 4.78 is 0. The Labute approximate surface area is 160 Å². The maximum absolute atomic E-state index is 13.1. The number of amides is 3. The number of hydrogen-bond donors (Lipinski definition) is 2. The van der Waals surface area contributed by atoms with Crippen LogP contribution in [0.25, 0.3) is 0 Å². The van der Waals surface area contributed by atoms with Gasteiger partial charge in [-0.05, 0) is 12.1 Å². The monoisotopic (exact) mass is 385 g/mol. The van der Waals surface area contributed by atoms with Crippen molar-refractivity contribution in [3.63, 3.8) is 0 Å². The van der Waals surface area contributed by atoms with E-state index in [1.54, 1.807) is 24.3 Å². The number of carbonyl (C=O) groups excluding carboxylic acids is 3. The maximum atomic E-state index is 13.1. The summed E-state index contributed by atoms with van der Waals surface area (Å²) in [4.78, 5) is 39.7. The second-order valence-corrected chi connectivity index (χ2v) is 8.65. The van der Waals surface area contributed by atoms with Crippen molar-refractivity contribution in [2.24, 2.45) is 0 Å². The highest BCUT2D eigenvalue weighted by molar-refractivity contribution is 7.15. The van der Waals surface area contributed by atoms with E-state index in [1.807, 2.05) is 20.8 Å². The molecule has 2 aliphatic heterocycles. The summed E-state index contributed by atoms with van der Waals surface area (Å²) in [6.07, 6.45) is 0.369. The van der Waals surface area contributed by atoms with E-state index in [1.165, 1.54) is 16.2 Å². The fraction of sp³-hybridized carbons (Fsp3) is 0.389. The number of hydrogen-bond acceptors (Lipinski definition) is 6. The standard InChI is InChI=1S/C18H19N5O3S/c1-17(2,3)15-21-22-16(27-15)19-14(26)18-9-8-12(24)23(18)11-7-5-4-6-10(11)13(25)20-18/h4-7H,8-9H2,1-3H3,(H,20,25)(H,19,22,26)/t18-/m0/s1. The van der Waals surface area contributed by atoms with Crippen LogP contribution in [-0.2, 0) is 15.0 Å². The summed E-state index contributed by atoms with van der Waals surface area (Å²) in [6.45, 7) is 6.02. The van der Waals surface area contributed by atoms with E-state index < -0.39 is 11.6 Å². The van der Waals surface area contributed by atoms with Crippen molar-refractivity contribution in [2.45, 2.75) is 44.7 Å². The van der Waals surface area contributed by atoms with Gasteiger partial charge in [0.15, 0.2) is 0 Å². The minimum absolute atomic E-state index is 0.172. The van der Waals surface area contributed by atoms with Crippen LogP contribution in [0.3, 0.4) is 0 Å². The van der Waals surface area contributed by atoms with Crippen molar-refractivity contribution in [1.82, 2.24) is 15.5 Å². The van der Waals surface area contributed by atoms with Crippen LogP contribution in [0.2, 0.25) is 0 Å². The van der Waals surface area contributed by atoms with Crippen LogP contribution >= 0.6 is 11.3 Å². The molecule has 8 nitrogen and oxygen atoms in total. The topological polar surface area (TPSA) is 104 Å². The molecule has 140 valence electrons. The third-order valence-electron chi connectivity index (χ3n) is 4.70. The number of nitrogens with one attached hydrogen (secondary N) is 2. The molecule has 2 aliphatic rings. The van der Waals surface area contributed by atoms with Gasteiger partial charge in [0.2, 0.25) is 16.7 Å². The zero-order valence-corrected chi connectivity index (χ0v) is 16.0. The fourth-order valence-corrected chi connectivity index (χ4v) is 4.14. The molecular formula is C18H19N5O3S. The molecule has 1 atom stereocenters. The first-order valence-corrected chi connectivity index (χ1v) is 9.44. The maximum Gasteiger partial charge on any atom is 0.273 e. The number of benzene rings is 1. The van der Waals surface area contributed by atoms with Gasteiger partial charge in [-0.25, -0.2) is 0 Å². The largest absolute Gasteiger partial charge is 0.321 e. The molecule has 0 radical (unpaired) electrons. The molecule has 0 bridgehead atoms. The van der Waals surface area contributed by atoms with Crippen LogP contribution in [0.5, 0.6) is 0 Å². The molecule has 3 amide bonds. The minimum Gasteiger partial charge on any atom is -0.321 e. The molecule has 0 spiro atoms. The van der Waals surface area contributed by atoms with Crippen LogP contribution in [0.15, 0.2) is 24.3 Å². The molecule has 4 rings (SSSR count). The highest BCUT2D eigenvalue weighted by Gasteiger charge is 2.56. The van der Waals surface area contributed by atoms with E-state index in [4.69, 9.17) is 0 Å². The molecule has 3 heterocycles. The van der Waals surface area contributed by atoms with Gasteiger partial charge in [-0.1, -0.05) is 44.2 Å². The Morgan fingerprint density at radius 2 is 2.00 bits per heavy atom. The SMILES string of the molecule is CC(C)(C)c1nnc(NC(=O)[C@]23CCC(=O)N2c2ccccc2C(=O)N3)s1. The first kappa shape index (κ1) is 17.6. The number of fused-ring (bicyclic) bond motifs is 3. The molecule has 9 heteroatoms. The van der Waals surface area contributed by atoms with Crippen molar-refractivity contribution in [3.05, 3.63) is 34.8 Å². The molecule has 2 N–H and O–H groups in total. The van der Waals surface area contributed by atoms with Gasteiger partial charge >= 0.3 is 0 Å². The Hall–Kier alpha value is -2.81. The molecule has 0 unspecified atom stereocenters. The molecule has 1 aromatic carbocycles. The first-order valence-electron chi connectivity index (χ1n) is 8.62. The molecule has 1 saturated heterocycles. The van der Waals surface area contributed by atoms with Gasteiger partial charge < -0.3 is 5.32 Å². The van der Waals surface area contributed by atoms with E-state index >= 15 is 0 Å². The lowest BCUT2D eigenvalue weighted by atomic mass is 9.98. The summed E-state index contributed by atoms with van der Waals surface area (Å²) in [5, 5.41) is 14.8.